The molecule has 0 aliphatic carbocycles. The number of nitrogens with two attached hydrogens (primary N) is 1. The second-order valence-electron chi connectivity index (χ2n) is 7.44. The topological polar surface area (TPSA) is 84.9 Å². The Balaban J connectivity index is 1.55. The van der Waals surface area contributed by atoms with Crippen molar-refractivity contribution in [3.05, 3.63) is 54.1 Å². The Labute approximate surface area is 169 Å². The summed E-state index contributed by atoms with van der Waals surface area (Å²) in [5.41, 5.74) is 8.64. The van der Waals surface area contributed by atoms with Crippen molar-refractivity contribution in [3.8, 4) is 11.3 Å². The molecule has 0 spiro atoms. The summed E-state index contributed by atoms with van der Waals surface area (Å²) in [7, 11) is 1.86. The van der Waals surface area contributed by atoms with Crippen molar-refractivity contribution >= 4 is 11.8 Å². The fourth-order valence-electron chi connectivity index (χ4n) is 3.83. The maximum Gasteiger partial charge on any atom is 0.222 e. The lowest BCUT2D eigenvalue weighted by Crippen LogP contribution is -2.37. The van der Waals surface area contributed by atoms with E-state index in [0.717, 1.165) is 29.9 Å². The van der Waals surface area contributed by atoms with Gasteiger partial charge in [0.25, 0.3) is 0 Å². The van der Waals surface area contributed by atoms with Gasteiger partial charge in [-0.25, -0.2) is 9.37 Å². The number of likely N-dealkylation sites (tertiary alicyclic amines) is 1. The largest absolute Gasteiger partial charge is 0.368 e. The number of hydrogen-bond donors (Lipinski definition) is 2. The Morgan fingerprint density at radius 3 is 2.59 bits per heavy atom. The third-order valence-corrected chi connectivity index (χ3v) is 5.31. The van der Waals surface area contributed by atoms with Crippen molar-refractivity contribution in [2.24, 2.45) is 7.05 Å². The third-order valence-electron chi connectivity index (χ3n) is 5.31. The van der Waals surface area contributed by atoms with Gasteiger partial charge in [0.15, 0.2) is 0 Å². The molecule has 1 aliphatic rings. The summed E-state index contributed by atoms with van der Waals surface area (Å²) in [5.74, 6) is 0.662. The summed E-state index contributed by atoms with van der Waals surface area (Å²) < 4.78 is 15.2. The van der Waals surface area contributed by atoms with Gasteiger partial charge in [0, 0.05) is 31.4 Å². The van der Waals surface area contributed by atoms with E-state index in [0.29, 0.717) is 12.4 Å². The van der Waals surface area contributed by atoms with Gasteiger partial charge in [0.05, 0.1) is 17.9 Å². The molecule has 1 fully saturated rings. The maximum atomic E-state index is 13.4. The fourth-order valence-corrected chi connectivity index (χ4v) is 3.83. The first-order valence-electron chi connectivity index (χ1n) is 9.95. The highest BCUT2D eigenvalue weighted by Crippen LogP contribution is 2.26. The van der Waals surface area contributed by atoms with Crippen molar-refractivity contribution in [3.63, 3.8) is 0 Å². The summed E-state index contributed by atoms with van der Waals surface area (Å²) in [6.45, 7) is 2.72. The molecule has 0 radical (unpaired) electrons. The molecule has 4 rings (SSSR count). The molecule has 152 valence electrons. The number of aryl methyl sites for hydroxylation is 1. The molecule has 1 atom stereocenters. The Hall–Kier alpha value is -3.00. The molecule has 0 bridgehead atoms. The number of nitrogens with one attached hydrogen (secondary N) is 1. The highest BCUT2D eigenvalue weighted by molar-refractivity contribution is 5.62. The van der Waals surface area contributed by atoms with Gasteiger partial charge >= 0.3 is 0 Å². The van der Waals surface area contributed by atoms with Gasteiger partial charge in [-0.15, -0.1) is 0 Å². The molecule has 3 heterocycles. The first-order valence-corrected chi connectivity index (χ1v) is 9.95. The lowest BCUT2D eigenvalue weighted by atomic mass is 10.0. The van der Waals surface area contributed by atoms with E-state index in [1.54, 1.807) is 10.9 Å². The predicted octanol–water partition coefficient (Wildman–Crippen LogP) is 3.24. The van der Waals surface area contributed by atoms with Gasteiger partial charge in [-0.1, -0.05) is 18.6 Å². The van der Waals surface area contributed by atoms with Crippen molar-refractivity contribution in [2.45, 2.75) is 25.3 Å². The number of anilines is 2. The van der Waals surface area contributed by atoms with Crippen LogP contribution in [0.2, 0.25) is 0 Å². The highest BCUT2D eigenvalue weighted by Gasteiger charge is 2.22. The lowest BCUT2D eigenvalue weighted by molar-refractivity contribution is 0.170. The minimum atomic E-state index is -0.219. The van der Waals surface area contributed by atoms with Crippen LogP contribution in [-0.4, -0.2) is 44.3 Å². The van der Waals surface area contributed by atoms with Crippen LogP contribution < -0.4 is 11.1 Å². The Bertz CT molecular complexity index is 948. The molecule has 3 N–H and O–H groups in total. The lowest BCUT2D eigenvalue weighted by Gasteiger charge is -2.35. The standard InChI is InChI=1S/C21H26FN7/c1-28-14-16(12-25-28)18-11-20(27-21(23)26-18)24-13-19(29-9-3-2-4-10-29)15-5-7-17(22)8-6-15/h5-8,11-12,14,19H,2-4,9-10,13H2,1H3,(H3,23,24,26,27)/t19-/m0/s1. The first kappa shape index (κ1) is 19.3. The van der Waals surface area contributed by atoms with Crippen LogP contribution in [0.3, 0.4) is 0 Å². The van der Waals surface area contributed by atoms with Gasteiger partial charge in [0.1, 0.15) is 11.6 Å². The van der Waals surface area contributed by atoms with Gasteiger partial charge in [0.2, 0.25) is 5.95 Å². The minimum Gasteiger partial charge on any atom is -0.368 e. The molecule has 0 unspecified atom stereocenters. The highest BCUT2D eigenvalue weighted by atomic mass is 19.1. The van der Waals surface area contributed by atoms with Gasteiger partial charge < -0.3 is 11.1 Å². The summed E-state index contributed by atoms with van der Waals surface area (Å²) in [6.07, 6.45) is 7.27. The molecule has 3 aromatic rings. The maximum absolute atomic E-state index is 13.4. The minimum absolute atomic E-state index is 0.133. The van der Waals surface area contributed by atoms with E-state index < -0.39 is 0 Å². The first-order chi connectivity index (χ1) is 14.1. The van der Waals surface area contributed by atoms with Crippen LogP contribution in [0.4, 0.5) is 16.2 Å². The molecule has 2 aromatic heterocycles. The van der Waals surface area contributed by atoms with Crippen molar-refractivity contribution in [1.29, 1.82) is 0 Å². The van der Waals surface area contributed by atoms with E-state index in [1.165, 1.54) is 31.4 Å². The number of aromatic nitrogens is 4. The van der Waals surface area contributed by atoms with Crippen LogP contribution in [0.25, 0.3) is 11.3 Å². The third kappa shape index (κ3) is 4.71. The normalized spacial score (nSPS) is 15.9. The number of nitrogen functional groups attached to an aromatic ring is 1. The van der Waals surface area contributed by atoms with Crippen molar-refractivity contribution < 1.29 is 4.39 Å². The Morgan fingerprint density at radius 1 is 1.14 bits per heavy atom. The zero-order chi connectivity index (χ0) is 20.2. The van der Waals surface area contributed by atoms with Crippen LogP contribution in [0.15, 0.2) is 42.7 Å². The molecule has 0 saturated carbocycles. The SMILES string of the molecule is Cn1cc(-c2cc(NC[C@@H](c3ccc(F)cc3)N3CCCCC3)nc(N)n2)cn1. The molecule has 1 aliphatic heterocycles. The fraction of sp³-hybridized carbons (Fsp3) is 0.381. The summed E-state index contributed by atoms with van der Waals surface area (Å²) in [6, 6.07) is 8.79. The smallest absolute Gasteiger partial charge is 0.222 e. The van der Waals surface area contributed by atoms with E-state index >= 15 is 0 Å². The average molecular weight is 395 g/mol. The molecule has 29 heavy (non-hydrogen) atoms. The average Bonchev–Trinajstić information content (AvgIpc) is 3.16. The Kier molecular flexibility index (Phi) is 5.71. The molecule has 7 nitrogen and oxygen atoms in total. The zero-order valence-electron chi connectivity index (χ0n) is 16.6. The number of hydrogen-bond acceptors (Lipinski definition) is 6. The van der Waals surface area contributed by atoms with Crippen molar-refractivity contribution in [2.75, 3.05) is 30.7 Å². The predicted molar refractivity (Wildman–Crippen MR) is 112 cm³/mol. The van der Waals surface area contributed by atoms with Crippen LogP contribution in [0.5, 0.6) is 0 Å². The molecule has 1 aromatic carbocycles. The number of piperidine rings is 1. The number of benzene rings is 1. The van der Waals surface area contributed by atoms with E-state index in [-0.39, 0.29) is 17.8 Å². The van der Waals surface area contributed by atoms with E-state index in [4.69, 9.17) is 5.73 Å². The second-order valence-corrected chi connectivity index (χ2v) is 7.44. The number of nitrogens with zero attached hydrogens (tertiary/aromatic N) is 5. The molecule has 8 heteroatoms. The molecule has 0 amide bonds. The number of rotatable bonds is 6. The van der Waals surface area contributed by atoms with Crippen LogP contribution in [0, 0.1) is 5.82 Å². The van der Waals surface area contributed by atoms with Crippen molar-refractivity contribution in [1.82, 2.24) is 24.6 Å². The summed E-state index contributed by atoms with van der Waals surface area (Å²) in [5, 5.41) is 7.61. The molecular formula is C21H26FN7. The van der Waals surface area contributed by atoms with E-state index in [9.17, 15) is 4.39 Å². The van der Waals surface area contributed by atoms with Crippen LogP contribution in [-0.2, 0) is 7.05 Å². The molecular weight excluding hydrogens is 369 g/mol. The van der Waals surface area contributed by atoms with Crippen LogP contribution in [0.1, 0.15) is 30.9 Å². The van der Waals surface area contributed by atoms with Gasteiger partial charge in [-0.3, -0.25) is 9.58 Å². The van der Waals surface area contributed by atoms with E-state index in [2.05, 4.69) is 25.3 Å². The summed E-state index contributed by atoms with van der Waals surface area (Å²) in [4.78, 5) is 11.1. The second kappa shape index (κ2) is 8.57. The van der Waals surface area contributed by atoms with Gasteiger partial charge in [-0.05, 0) is 43.6 Å². The van der Waals surface area contributed by atoms with E-state index in [1.807, 2.05) is 31.4 Å². The monoisotopic (exact) mass is 395 g/mol. The number of halogens is 1. The van der Waals surface area contributed by atoms with Gasteiger partial charge in [-0.2, -0.15) is 10.1 Å². The Morgan fingerprint density at radius 2 is 1.90 bits per heavy atom. The molecule has 1 saturated heterocycles. The quantitative estimate of drug-likeness (QED) is 0.667. The summed E-state index contributed by atoms with van der Waals surface area (Å²) >= 11 is 0. The zero-order valence-corrected chi connectivity index (χ0v) is 16.6. The van der Waals surface area contributed by atoms with Crippen LogP contribution >= 0.6 is 0 Å².